The van der Waals surface area contributed by atoms with Crippen LogP contribution < -0.4 is 0 Å². The summed E-state index contributed by atoms with van der Waals surface area (Å²) in [5.41, 5.74) is 0. The molecule has 0 amide bonds. The lowest BCUT2D eigenvalue weighted by Gasteiger charge is -2.18. The van der Waals surface area contributed by atoms with E-state index in [0.29, 0.717) is 19.3 Å². The van der Waals surface area contributed by atoms with Crippen LogP contribution in [-0.2, 0) is 28.6 Å². The third-order valence-electron chi connectivity index (χ3n) is 15.5. The molecule has 0 saturated heterocycles. The minimum atomic E-state index is -0.781. The molecule has 6 nitrogen and oxygen atoms in total. The summed E-state index contributed by atoms with van der Waals surface area (Å²) in [7, 11) is 0. The highest BCUT2D eigenvalue weighted by atomic mass is 16.6. The van der Waals surface area contributed by atoms with Crippen LogP contribution in [0.3, 0.4) is 0 Å². The molecular weight excluding hydrogens is 961 g/mol. The Hall–Kier alpha value is -2.63. The molecule has 0 aliphatic heterocycles. The van der Waals surface area contributed by atoms with Crippen LogP contribution in [0.4, 0.5) is 0 Å². The van der Waals surface area contributed by atoms with Gasteiger partial charge < -0.3 is 14.2 Å². The first-order chi connectivity index (χ1) is 38.5. The predicted octanol–water partition coefficient (Wildman–Crippen LogP) is 23.7. The Labute approximate surface area is 486 Å². The van der Waals surface area contributed by atoms with E-state index in [9.17, 15) is 14.4 Å². The molecule has 78 heavy (non-hydrogen) atoms. The van der Waals surface area contributed by atoms with Gasteiger partial charge in [-0.2, -0.15) is 0 Å². The second-order valence-electron chi connectivity index (χ2n) is 23.4. The van der Waals surface area contributed by atoms with Crippen molar-refractivity contribution in [1.29, 1.82) is 0 Å². The van der Waals surface area contributed by atoms with Gasteiger partial charge >= 0.3 is 17.9 Å². The second-order valence-corrected chi connectivity index (χ2v) is 23.4. The molecule has 6 heteroatoms. The zero-order valence-corrected chi connectivity index (χ0v) is 52.5. The molecule has 0 aliphatic rings. The van der Waals surface area contributed by atoms with Crippen molar-refractivity contribution in [2.24, 2.45) is 0 Å². The van der Waals surface area contributed by atoms with Crippen molar-refractivity contribution in [2.45, 2.75) is 380 Å². The molecular formula is C72H132O6. The topological polar surface area (TPSA) is 78.9 Å². The van der Waals surface area contributed by atoms with Crippen LogP contribution in [0.1, 0.15) is 374 Å². The van der Waals surface area contributed by atoms with Crippen molar-refractivity contribution in [3.8, 4) is 0 Å². The standard InChI is InChI=1S/C72H132O6/c1-4-7-10-13-16-19-22-25-28-31-33-34-35-36-37-38-40-41-44-47-50-53-56-59-62-65-71(74)77-68-69(67-76-70(73)64-61-58-55-52-49-46-43-30-27-24-21-18-15-12-9-6-3)78-72(75)66-63-60-57-54-51-48-45-42-39-32-29-26-23-20-17-14-11-8-5-2/h21,24,26,29-31,33,43,69H,4-20,22-23,25,27-28,32,34-42,44-68H2,1-3H3/b24-21-,29-26-,33-31-,43-30-. The van der Waals surface area contributed by atoms with E-state index in [2.05, 4.69) is 69.4 Å². The van der Waals surface area contributed by atoms with Crippen molar-refractivity contribution in [3.63, 3.8) is 0 Å². The van der Waals surface area contributed by atoms with Gasteiger partial charge in [0.05, 0.1) is 0 Å². The van der Waals surface area contributed by atoms with Crippen LogP contribution in [0.25, 0.3) is 0 Å². The fourth-order valence-electron chi connectivity index (χ4n) is 10.3. The van der Waals surface area contributed by atoms with Crippen molar-refractivity contribution in [2.75, 3.05) is 13.2 Å². The molecule has 0 saturated carbocycles. The fourth-order valence-corrected chi connectivity index (χ4v) is 10.3. The Morgan fingerprint density at radius 3 is 0.731 bits per heavy atom. The van der Waals surface area contributed by atoms with Crippen molar-refractivity contribution < 1.29 is 28.6 Å². The van der Waals surface area contributed by atoms with Crippen LogP contribution in [0.5, 0.6) is 0 Å². The summed E-state index contributed by atoms with van der Waals surface area (Å²) in [6.07, 6.45) is 84.1. The average molecular weight is 1090 g/mol. The molecule has 0 aliphatic carbocycles. The van der Waals surface area contributed by atoms with E-state index in [0.717, 1.165) is 77.0 Å². The quantitative estimate of drug-likeness (QED) is 0.0261. The van der Waals surface area contributed by atoms with Crippen molar-refractivity contribution >= 4 is 17.9 Å². The summed E-state index contributed by atoms with van der Waals surface area (Å²) in [4.78, 5) is 38.4. The maximum atomic E-state index is 12.9. The number of hydrogen-bond acceptors (Lipinski definition) is 6. The Balaban J connectivity index is 4.30. The SMILES string of the molecule is CCCCCC/C=C\C/C=C\CCCCCCCC(=O)OCC(COC(=O)CCCCCCCCCCCCCCC/C=C\CCCCCCCCCC)OC(=O)CCCCCCCCCCC/C=C\CCCCCCCC. The molecule has 0 radical (unpaired) electrons. The van der Waals surface area contributed by atoms with Crippen molar-refractivity contribution in [3.05, 3.63) is 48.6 Å². The first-order valence-corrected chi connectivity index (χ1v) is 34.6. The minimum absolute atomic E-state index is 0.0755. The number of allylic oxidation sites excluding steroid dienone is 8. The molecule has 1 unspecified atom stereocenters. The van der Waals surface area contributed by atoms with E-state index < -0.39 is 6.10 Å². The van der Waals surface area contributed by atoms with Gasteiger partial charge in [0.2, 0.25) is 0 Å². The van der Waals surface area contributed by atoms with Gasteiger partial charge in [0.15, 0.2) is 6.10 Å². The van der Waals surface area contributed by atoms with Crippen LogP contribution in [0, 0.1) is 0 Å². The van der Waals surface area contributed by atoms with Crippen LogP contribution >= 0.6 is 0 Å². The summed E-state index contributed by atoms with van der Waals surface area (Å²) >= 11 is 0. The summed E-state index contributed by atoms with van der Waals surface area (Å²) in [6, 6.07) is 0. The molecule has 0 spiro atoms. The first kappa shape index (κ1) is 75.4. The molecule has 1 atom stereocenters. The number of rotatable bonds is 64. The van der Waals surface area contributed by atoms with Crippen LogP contribution in [0.15, 0.2) is 48.6 Å². The van der Waals surface area contributed by atoms with Gasteiger partial charge in [0, 0.05) is 19.3 Å². The van der Waals surface area contributed by atoms with Gasteiger partial charge in [-0.05, 0) is 103 Å². The molecule has 0 rings (SSSR count). The largest absolute Gasteiger partial charge is 0.462 e. The lowest BCUT2D eigenvalue weighted by Crippen LogP contribution is -2.30. The van der Waals surface area contributed by atoms with E-state index in [1.165, 1.54) is 257 Å². The summed E-state index contributed by atoms with van der Waals surface area (Å²) < 4.78 is 17.0. The third kappa shape index (κ3) is 64.2. The lowest BCUT2D eigenvalue weighted by atomic mass is 10.0. The van der Waals surface area contributed by atoms with E-state index in [4.69, 9.17) is 14.2 Å². The van der Waals surface area contributed by atoms with Gasteiger partial charge in [-0.25, -0.2) is 0 Å². The van der Waals surface area contributed by atoms with Gasteiger partial charge in [-0.1, -0.05) is 301 Å². The maximum Gasteiger partial charge on any atom is 0.306 e. The fraction of sp³-hybridized carbons (Fsp3) is 0.847. The molecule has 456 valence electrons. The normalized spacial score (nSPS) is 12.3. The highest BCUT2D eigenvalue weighted by Crippen LogP contribution is 2.17. The second kappa shape index (κ2) is 66.9. The number of ether oxygens (including phenoxy) is 3. The van der Waals surface area contributed by atoms with Crippen LogP contribution in [0.2, 0.25) is 0 Å². The van der Waals surface area contributed by atoms with Crippen LogP contribution in [-0.4, -0.2) is 37.2 Å². The summed E-state index contributed by atoms with van der Waals surface area (Å²) in [6.45, 7) is 6.67. The number of esters is 3. The maximum absolute atomic E-state index is 12.9. The average Bonchev–Trinajstić information content (AvgIpc) is 3.44. The smallest absolute Gasteiger partial charge is 0.306 e. The third-order valence-corrected chi connectivity index (χ3v) is 15.5. The summed E-state index contributed by atoms with van der Waals surface area (Å²) in [5, 5.41) is 0. The molecule has 0 aromatic rings. The highest BCUT2D eigenvalue weighted by Gasteiger charge is 2.19. The molecule has 0 aromatic carbocycles. The number of unbranched alkanes of at least 4 members (excludes halogenated alkanes) is 45. The van der Waals surface area contributed by atoms with Gasteiger partial charge in [-0.15, -0.1) is 0 Å². The molecule has 0 fully saturated rings. The predicted molar refractivity (Wildman–Crippen MR) is 339 cm³/mol. The molecule has 0 aromatic heterocycles. The highest BCUT2D eigenvalue weighted by molar-refractivity contribution is 5.71. The summed E-state index contributed by atoms with van der Waals surface area (Å²) in [5.74, 6) is -0.868. The zero-order chi connectivity index (χ0) is 56.4. The Morgan fingerprint density at radius 1 is 0.256 bits per heavy atom. The van der Waals surface area contributed by atoms with Crippen molar-refractivity contribution in [1.82, 2.24) is 0 Å². The monoisotopic (exact) mass is 1090 g/mol. The Kier molecular flexibility index (Phi) is 64.6. The molecule has 0 bridgehead atoms. The minimum Gasteiger partial charge on any atom is -0.462 e. The van der Waals surface area contributed by atoms with E-state index in [-0.39, 0.29) is 31.1 Å². The Bertz CT molecular complexity index is 1350. The van der Waals surface area contributed by atoms with E-state index in [1.807, 2.05) is 0 Å². The first-order valence-electron chi connectivity index (χ1n) is 34.6. The van der Waals surface area contributed by atoms with E-state index >= 15 is 0 Å². The zero-order valence-electron chi connectivity index (χ0n) is 52.5. The number of carbonyl (C=O) groups is 3. The van der Waals surface area contributed by atoms with Gasteiger partial charge in [0.25, 0.3) is 0 Å². The molecule has 0 heterocycles. The van der Waals surface area contributed by atoms with E-state index in [1.54, 1.807) is 0 Å². The van der Waals surface area contributed by atoms with Gasteiger partial charge in [0.1, 0.15) is 13.2 Å². The number of carbonyl (C=O) groups excluding carboxylic acids is 3. The number of hydrogen-bond donors (Lipinski definition) is 0. The molecule has 0 N–H and O–H groups in total. The van der Waals surface area contributed by atoms with Gasteiger partial charge in [-0.3, -0.25) is 14.4 Å². The lowest BCUT2D eigenvalue weighted by molar-refractivity contribution is -0.167. The Morgan fingerprint density at radius 2 is 0.462 bits per heavy atom.